The number of hydrogen-bond donors (Lipinski definition) is 2. The summed E-state index contributed by atoms with van der Waals surface area (Å²) in [6.07, 6.45) is 1.69. The molecule has 0 aliphatic heterocycles. The van der Waals surface area contributed by atoms with Gasteiger partial charge in [0.05, 0.1) is 13.0 Å². The summed E-state index contributed by atoms with van der Waals surface area (Å²) < 4.78 is 10.6. The van der Waals surface area contributed by atoms with Crippen LogP contribution >= 0.6 is 0 Å². The van der Waals surface area contributed by atoms with Gasteiger partial charge in [-0.05, 0) is 49.9 Å². The van der Waals surface area contributed by atoms with Crippen LogP contribution in [0.1, 0.15) is 31.4 Å². The SMILES string of the molecule is CCOC(=O)Cc1ccc(OCC(O)CNC(C)CCc2ccccc2)cc1. The van der Waals surface area contributed by atoms with Crippen LogP contribution in [-0.2, 0) is 22.4 Å². The Labute approximate surface area is 167 Å². The van der Waals surface area contributed by atoms with Crippen LogP contribution in [0.3, 0.4) is 0 Å². The summed E-state index contributed by atoms with van der Waals surface area (Å²) in [6, 6.07) is 18.0. The first-order valence-corrected chi connectivity index (χ1v) is 9.89. The summed E-state index contributed by atoms with van der Waals surface area (Å²) in [5.41, 5.74) is 2.20. The largest absolute Gasteiger partial charge is 0.491 e. The maximum absolute atomic E-state index is 11.5. The van der Waals surface area contributed by atoms with E-state index in [1.165, 1.54) is 5.56 Å². The summed E-state index contributed by atoms with van der Waals surface area (Å²) in [5.74, 6) is 0.433. The van der Waals surface area contributed by atoms with Crippen molar-refractivity contribution in [2.45, 2.75) is 45.3 Å². The Morgan fingerprint density at radius 1 is 1.07 bits per heavy atom. The minimum Gasteiger partial charge on any atom is -0.491 e. The molecule has 0 aliphatic carbocycles. The Kier molecular flexibility index (Phi) is 9.52. The van der Waals surface area contributed by atoms with Crippen molar-refractivity contribution in [2.75, 3.05) is 19.8 Å². The second kappa shape index (κ2) is 12.2. The van der Waals surface area contributed by atoms with Crippen molar-refractivity contribution in [3.63, 3.8) is 0 Å². The third-order valence-electron chi connectivity index (χ3n) is 4.43. The fourth-order valence-corrected chi connectivity index (χ4v) is 2.80. The van der Waals surface area contributed by atoms with Crippen LogP contribution in [0, 0.1) is 0 Å². The van der Waals surface area contributed by atoms with Gasteiger partial charge in [0.15, 0.2) is 0 Å². The van der Waals surface area contributed by atoms with Gasteiger partial charge in [-0.3, -0.25) is 4.79 Å². The molecule has 2 aromatic carbocycles. The van der Waals surface area contributed by atoms with E-state index in [4.69, 9.17) is 9.47 Å². The van der Waals surface area contributed by atoms with Gasteiger partial charge in [0.1, 0.15) is 18.5 Å². The second-order valence-corrected chi connectivity index (χ2v) is 6.92. The molecule has 5 heteroatoms. The summed E-state index contributed by atoms with van der Waals surface area (Å²) in [4.78, 5) is 11.5. The standard InChI is InChI=1S/C23H31NO4/c1-3-27-23(26)15-20-11-13-22(14-12-20)28-17-21(25)16-24-18(2)9-10-19-7-5-4-6-8-19/h4-8,11-14,18,21,24-25H,3,9-10,15-17H2,1-2H3. The maximum atomic E-state index is 11.5. The van der Waals surface area contributed by atoms with Crippen molar-refractivity contribution < 1.29 is 19.4 Å². The number of aliphatic hydroxyl groups excluding tert-OH is 1. The molecule has 2 atom stereocenters. The molecule has 2 unspecified atom stereocenters. The van der Waals surface area contributed by atoms with Gasteiger partial charge in [0.2, 0.25) is 0 Å². The summed E-state index contributed by atoms with van der Waals surface area (Å²) >= 11 is 0. The topological polar surface area (TPSA) is 67.8 Å². The molecule has 2 rings (SSSR count). The van der Waals surface area contributed by atoms with Gasteiger partial charge < -0.3 is 19.9 Å². The molecule has 0 aromatic heterocycles. The van der Waals surface area contributed by atoms with Crippen molar-refractivity contribution in [3.05, 3.63) is 65.7 Å². The molecule has 2 N–H and O–H groups in total. The second-order valence-electron chi connectivity index (χ2n) is 6.92. The normalized spacial score (nSPS) is 13.0. The van der Waals surface area contributed by atoms with E-state index in [1.54, 1.807) is 19.1 Å². The van der Waals surface area contributed by atoms with Gasteiger partial charge >= 0.3 is 5.97 Å². The van der Waals surface area contributed by atoms with E-state index in [2.05, 4.69) is 36.5 Å². The number of benzene rings is 2. The van der Waals surface area contributed by atoms with Crippen LogP contribution in [-0.4, -0.2) is 43.0 Å². The van der Waals surface area contributed by atoms with Crippen LogP contribution < -0.4 is 10.1 Å². The number of carbonyl (C=O) groups is 1. The molecular formula is C23H31NO4. The predicted octanol–water partition coefficient (Wildman–Crippen LogP) is 3.14. The molecule has 0 fully saturated rings. The molecule has 0 aliphatic rings. The lowest BCUT2D eigenvalue weighted by molar-refractivity contribution is -0.142. The average molecular weight is 386 g/mol. The van der Waals surface area contributed by atoms with Crippen LogP contribution in [0.25, 0.3) is 0 Å². The average Bonchev–Trinajstić information content (AvgIpc) is 2.71. The van der Waals surface area contributed by atoms with E-state index in [1.807, 2.05) is 18.2 Å². The van der Waals surface area contributed by atoms with E-state index in [-0.39, 0.29) is 19.0 Å². The molecule has 2 aromatic rings. The first-order valence-electron chi connectivity index (χ1n) is 9.89. The highest BCUT2D eigenvalue weighted by Crippen LogP contribution is 2.13. The highest BCUT2D eigenvalue weighted by molar-refractivity contribution is 5.72. The van der Waals surface area contributed by atoms with E-state index in [0.717, 1.165) is 18.4 Å². The van der Waals surface area contributed by atoms with Crippen LogP contribution in [0.15, 0.2) is 54.6 Å². The van der Waals surface area contributed by atoms with E-state index in [9.17, 15) is 9.90 Å². The molecule has 28 heavy (non-hydrogen) atoms. The fraction of sp³-hybridized carbons (Fsp3) is 0.435. The maximum Gasteiger partial charge on any atom is 0.310 e. The van der Waals surface area contributed by atoms with Crippen molar-refractivity contribution in [1.29, 1.82) is 0 Å². The van der Waals surface area contributed by atoms with Crippen molar-refractivity contribution in [2.24, 2.45) is 0 Å². The van der Waals surface area contributed by atoms with Gasteiger partial charge in [0, 0.05) is 12.6 Å². The number of ether oxygens (including phenoxy) is 2. The van der Waals surface area contributed by atoms with Crippen LogP contribution in [0.4, 0.5) is 0 Å². The first-order chi connectivity index (χ1) is 13.6. The predicted molar refractivity (Wildman–Crippen MR) is 111 cm³/mol. The molecule has 5 nitrogen and oxygen atoms in total. The van der Waals surface area contributed by atoms with E-state index < -0.39 is 6.10 Å². The monoisotopic (exact) mass is 385 g/mol. The molecule has 0 saturated heterocycles. The minimum absolute atomic E-state index is 0.218. The van der Waals surface area contributed by atoms with E-state index in [0.29, 0.717) is 24.9 Å². The van der Waals surface area contributed by atoms with Crippen molar-refractivity contribution >= 4 is 5.97 Å². The zero-order valence-corrected chi connectivity index (χ0v) is 16.8. The van der Waals surface area contributed by atoms with Gasteiger partial charge in [-0.25, -0.2) is 0 Å². The number of rotatable bonds is 12. The molecule has 0 heterocycles. The molecule has 0 amide bonds. The van der Waals surface area contributed by atoms with Crippen molar-refractivity contribution in [3.8, 4) is 5.75 Å². The Hall–Kier alpha value is -2.37. The fourth-order valence-electron chi connectivity index (χ4n) is 2.80. The highest BCUT2D eigenvalue weighted by Gasteiger charge is 2.09. The zero-order chi connectivity index (χ0) is 20.2. The lowest BCUT2D eigenvalue weighted by atomic mass is 10.1. The summed E-state index contributed by atoms with van der Waals surface area (Å²) in [7, 11) is 0. The van der Waals surface area contributed by atoms with Gasteiger partial charge in [-0.2, -0.15) is 0 Å². The van der Waals surface area contributed by atoms with Gasteiger partial charge in [0.25, 0.3) is 0 Å². The molecule has 0 radical (unpaired) electrons. The lowest BCUT2D eigenvalue weighted by Crippen LogP contribution is -2.36. The highest BCUT2D eigenvalue weighted by atomic mass is 16.5. The summed E-state index contributed by atoms with van der Waals surface area (Å²) in [5, 5.41) is 13.5. The third-order valence-corrected chi connectivity index (χ3v) is 4.43. The Morgan fingerprint density at radius 3 is 2.46 bits per heavy atom. The third kappa shape index (κ3) is 8.55. The molecule has 0 saturated carbocycles. The Bertz CT molecular complexity index is 688. The quantitative estimate of drug-likeness (QED) is 0.550. The number of esters is 1. The van der Waals surface area contributed by atoms with E-state index >= 15 is 0 Å². The number of nitrogens with one attached hydrogen (secondary N) is 1. The number of hydrogen-bond acceptors (Lipinski definition) is 5. The van der Waals surface area contributed by atoms with Gasteiger partial charge in [-0.15, -0.1) is 0 Å². The Balaban J connectivity index is 1.63. The zero-order valence-electron chi connectivity index (χ0n) is 16.8. The molecular weight excluding hydrogens is 354 g/mol. The van der Waals surface area contributed by atoms with Gasteiger partial charge in [-0.1, -0.05) is 42.5 Å². The minimum atomic E-state index is -0.585. The Morgan fingerprint density at radius 2 is 1.79 bits per heavy atom. The number of aryl methyl sites for hydroxylation is 1. The van der Waals surface area contributed by atoms with Crippen LogP contribution in [0.2, 0.25) is 0 Å². The smallest absolute Gasteiger partial charge is 0.310 e. The first kappa shape index (κ1) is 21.9. The number of aliphatic hydroxyl groups is 1. The lowest BCUT2D eigenvalue weighted by Gasteiger charge is -2.18. The van der Waals surface area contributed by atoms with Crippen molar-refractivity contribution in [1.82, 2.24) is 5.32 Å². The van der Waals surface area contributed by atoms with Crippen LogP contribution in [0.5, 0.6) is 5.75 Å². The molecule has 152 valence electrons. The number of carbonyl (C=O) groups excluding carboxylic acids is 1. The molecule has 0 spiro atoms. The summed E-state index contributed by atoms with van der Waals surface area (Å²) in [6.45, 7) is 5.00. The molecule has 0 bridgehead atoms.